The summed E-state index contributed by atoms with van der Waals surface area (Å²) in [6.07, 6.45) is 0. The molecule has 5 heteroatoms. The molecule has 0 fully saturated rings. The lowest BCUT2D eigenvalue weighted by Crippen LogP contribution is -2.52. The Morgan fingerprint density at radius 2 is 1.14 bits per heavy atom. The third-order valence-corrected chi connectivity index (χ3v) is 11.4. The molecule has 21 heavy (non-hydrogen) atoms. The monoisotopic (exact) mass is 326 g/mol. The van der Waals surface area contributed by atoms with Gasteiger partial charge in [0.25, 0.3) is 0 Å². The van der Waals surface area contributed by atoms with E-state index in [4.69, 9.17) is 9.97 Å². The van der Waals surface area contributed by atoms with Crippen LogP contribution in [-0.4, -0.2) is 18.0 Å². The molecule has 0 N–H and O–H groups in total. The fourth-order valence-electron chi connectivity index (χ4n) is 2.37. The second kappa shape index (κ2) is 4.73. The molecular formula is C16H14N2S2Si. The molecule has 0 bridgehead atoms. The van der Waals surface area contributed by atoms with E-state index in [0.29, 0.717) is 0 Å². The van der Waals surface area contributed by atoms with Gasteiger partial charge >= 0.3 is 0 Å². The van der Waals surface area contributed by atoms with Crippen LogP contribution in [0.5, 0.6) is 0 Å². The third kappa shape index (κ3) is 2.12. The average Bonchev–Trinajstić information content (AvgIpc) is 3.11. The molecule has 0 spiro atoms. The average molecular weight is 327 g/mol. The second-order valence-electron chi connectivity index (χ2n) is 5.60. The van der Waals surface area contributed by atoms with Gasteiger partial charge in [-0.05, 0) is 24.3 Å². The van der Waals surface area contributed by atoms with Crippen LogP contribution in [0.4, 0.5) is 0 Å². The zero-order chi connectivity index (χ0) is 14.4. The molecule has 2 aromatic heterocycles. The summed E-state index contributed by atoms with van der Waals surface area (Å²) in [6.45, 7) is 4.70. The minimum atomic E-state index is -1.81. The van der Waals surface area contributed by atoms with Gasteiger partial charge < -0.3 is 0 Å². The molecule has 0 radical (unpaired) electrons. The first-order valence-electron chi connectivity index (χ1n) is 6.87. The summed E-state index contributed by atoms with van der Waals surface area (Å²) in [6, 6.07) is 16.8. The van der Waals surface area contributed by atoms with Crippen molar-refractivity contribution in [3.8, 4) is 0 Å². The Morgan fingerprint density at radius 3 is 1.57 bits per heavy atom. The molecule has 104 valence electrons. The van der Waals surface area contributed by atoms with Gasteiger partial charge in [-0.3, -0.25) is 0 Å². The van der Waals surface area contributed by atoms with Gasteiger partial charge in [-0.1, -0.05) is 37.4 Å². The first-order chi connectivity index (χ1) is 10.1. The molecule has 0 amide bonds. The number of aromatic nitrogens is 2. The van der Waals surface area contributed by atoms with E-state index in [1.807, 2.05) is 22.7 Å². The highest BCUT2D eigenvalue weighted by atomic mass is 32.1. The Morgan fingerprint density at radius 1 is 0.714 bits per heavy atom. The number of fused-ring (bicyclic) bond motifs is 2. The summed E-state index contributed by atoms with van der Waals surface area (Å²) in [5, 5.41) is 0. The number of rotatable bonds is 2. The van der Waals surface area contributed by atoms with Crippen molar-refractivity contribution < 1.29 is 0 Å². The maximum Gasteiger partial charge on any atom is 0.184 e. The molecule has 0 atom stereocenters. The molecule has 0 saturated carbocycles. The third-order valence-electron chi connectivity index (χ3n) is 3.66. The van der Waals surface area contributed by atoms with Crippen LogP contribution in [0.2, 0.25) is 13.1 Å². The Hall–Kier alpha value is -1.56. The zero-order valence-electron chi connectivity index (χ0n) is 11.8. The minimum absolute atomic E-state index is 1.11. The lowest BCUT2D eigenvalue weighted by molar-refractivity contribution is 1.49. The summed E-state index contributed by atoms with van der Waals surface area (Å²) in [4.78, 5) is 9.76. The van der Waals surface area contributed by atoms with Gasteiger partial charge in [0, 0.05) is 0 Å². The highest BCUT2D eigenvalue weighted by molar-refractivity contribution is 7.39. The molecule has 0 aliphatic rings. The van der Waals surface area contributed by atoms with Gasteiger partial charge in [-0.25, -0.2) is 9.97 Å². The van der Waals surface area contributed by atoms with E-state index >= 15 is 0 Å². The van der Waals surface area contributed by atoms with E-state index < -0.39 is 8.07 Å². The van der Waals surface area contributed by atoms with Gasteiger partial charge in [-0.2, -0.15) is 0 Å². The molecule has 2 aromatic carbocycles. The quantitative estimate of drug-likeness (QED) is 0.525. The Labute approximate surface area is 132 Å². The number of hydrogen-bond donors (Lipinski definition) is 0. The van der Waals surface area contributed by atoms with Crippen LogP contribution >= 0.6 is 22.7 Å². The predicted octanol–water partition coefficient (Wildman–Crippen LogP) is 3.73. The summed E-state index contributed by atoms with van der Waals surface area (Å²) >= 11 is 3.65. The van der Waals surface area contributed by atoms with Crippen molar-refractivity contribution in [1.29, 1.82) is 0 Å². The van der Waals surface area contributed by atoms with Crippen LogP contribution in [0.3, 0.4) is 0 Å². The zero-order valence-corrected chi connectivity index (χ0v) is 14.5. The molecular weight excluding hydrogens is 312 g/mol. The van der Waals surface area contributed by atoms with Crippen molar-refractivity contribution >= 4 is 60.4 Å². The largest absolute Gasteiger partial charge is 0.246 e. The topological polar surface area (TPSA) is 25.8 Å². The van der Waals surface area contributed by atoms with E-state index in [0.717, 1.165) is 11.0 Å². The maximum absolute atomic E-state index is 4.88. The normalized spacial score (nSPS) is 12.3. The Bertz CT molecular complexity index is 797. The molecule has 0 saturated heterocycles. The highest BCUT2D eigenvalue weighted by Crippen LogP contribution is 2.22. The van der Waals surface area contributed by atoms with Crippen molar-refractivity contribution in [1.82, 2.24) is 9.97 Å². The fourth-order valence-corrected chi connectivity index (χ4v) is 8.26. The van der Waals surface area contributed by atoms with E-state index in [2.05, 4.69) is 61.6 Å². The number of benzene rings is 2. The first kappa shape index (κ1) is 13.1. The molecule has 2 nitrogen and oxygen atoms in total. The number of nitrogens with zero attached hydrogens (tertiary/aromatic N) is 2. The number of para-hydroxylation sites is 2. The van der Waals surface area contributed by atoms with Crippen LogP contribution in [0.15, 0.2) is 48.5 Å². The molecule has 0 aliphatic heterocycles. The van der Waals surface area contributed by atoms with Crippen LogP contribution < -0.4 is 9.26 Å². The maximum atomic E-state index is 4.88. The van der Waals surface area contributed by atoms with Crippen molar-refractivity contribution in [2.45, 2.75) is 13.1 Å². The lowest BCUT2D eigenvalue weighted by Gasteiger charge is -2.15. The van der Waals surface area contributed by atoms with Crippen molar-refractivity contribution in [3.63, 3.8) is 0 Å². The first-order valence-corrected chi connectivity index (χ1v) is 11.5. The van der Waals surface area contributed by atoms with Crippen LogP contribution in [-0.2, 0) is 0 Å². The summed E-state index contributed by atoms with van der Waals surface area (Å²) in [5.41, 5.74) is 2.22. The molecule has 0 unspecified atom stereocenters. The minimum Gasteiger partial charge on any atom is -0.246 e. The molecule has 0 aliphatic carbocycles. The standard InChI is InChI=1S/C16H14N2S2Si/c1-21(2,15-17-11-7-3-5-9-13(11)19-15)16-18-12-8-4-6-10-14(12)20-16/h3-10H,1-2H3. The lowest BCUT2D eigenvalue weighted by atomic mass is 10.3. The summed E-state index contributed by atoms with van der Waals surface area (Å²) in [7, 11) is -1.81. The number of hydrogen-bond acceptors (Lipinski definition) is 4. The van der Waals surface area contributed by atoms with E-state index in [1.165, 1.54) is 18.7 Å². The highest BCUT2D eigenvalue weighted by Gasteiger charge is 2.33. The smallest absolute Gasteiger partial charge is 0.184 e. The van der Waals surface area contributed by atoms with Crippen molar-refractivity contribution in [2.75, 3.05) is 0 Å². The Kier molecular flexibility index (Phi) is 2.95. The van der Waals surface area contributed by atoms with Gasteiger partial charge in [0.2, 0.25) is 0 Å². The van der Waals surface area contributed by atoms with E-state index in [-0.39, 0.29) is 0 Å². The molecule has 4 rings (SSSR count). The van der Waals surface area contributed by atoms with Gasteiger partial charge in [0.1, 0.15) is 0 Å². The van der Waals surface area contributed by atoms with E-state index in [9.17, 15) is 0 Å². The number of thiazole rings is 2. The van der Waals surface area contributed by atoms with Gasteiger partial charge in [0.05, 0.1) is 29.7 Å². The van der Waals surface area contributed by atoms with Crippen LogP contribution in [0, 0.1) is 0 Å². The SMILES string of the molecule is C[Si](C)(c1nc2ccccc2s1)c1nc2ccccc2s1. The van der Waals surface area contributed by atoms with E-state index in [1.54, 1.807) is 0 Å². The second-order valence-corrected chi connectivity index (χ2v) is 12.6. The van der Waals surface area contributed by atoms with Crippen molar-refractivity contribution in [3.05, 3.63) is 48.5 Å². The molecule has 2 heterocycles. The molecule has 4 aromatic rings. The Balaban J connectivity index is 1.87. The summed E-state index contributed by atoms with van der Waals surface area (Å²) < 4.78 is 5.08. The van der Waals surface area contributed by atoms with Crippen LogP contribution in [0.1, 0.15) is 0 Å². The fraction of sp³-hybridized carbons (Fsp3) is 0.125. The summed E-state index contributed by atoms with van der Waals surface area (Å²) in [5.74, 6) is 0. The van der Waals surface area contributed by atoms with Crippen molar-refractivity contribution in [2.24, 2.45) is 0 Å². The van der Waals surface area contributed by atoms with Gasteiger partial charge in [0.15, 0.2) is 8.07 Å². The van der Waals surface area contributed by atoms with Crippen LogP contribution in [0.25, 0.3) is 20.4 Å². The van der Waals surface area contributed by atoms with Gasteiger partial charge in [-0.15, -0.1) is 22.7 Å². The predicted molar refractivity (Wildman–Crippen MR) is 96.0 cm³/mol.